The smallest absolute Gasteiger partial charge is 0.127 e. The second kappa shape index (κ2) is 5.08. The van der Waals surface area contributed by atoms with Crippen LogP contribution >= 0.6 is 0 Å². The first-order chi connectivity index (χ1) is 8.24. The summed E-state index contributed by atoms with van der Waals surface area (Å²) in [4.78, 5) is 2.09. The average molecular weight is 234 g/mol. The second-order valence-electron chi connectivity index (χ2n) is 4.15. The van der Waals surface area contributed by atoms with Gasteiger partial charge in [-0.1, -0.05) is 0 Å². The molecule has 0 aliphatic carbocycles. The van der Waals surface area contributed by atoms with E-state index in [0.717, 1.165) is 48.8 Å². The van der Waals surface area contributed by atoms with Gasteiger partial charge in [-0.2, -0.15) is 0 Å². The van der Waals surface area contributed by atoms with Crippen LogP contribution in [0.1, 0.15) is 18.4 Å². The molecule has 0 spiro atoms. The lowest BCUT2D eigenvalue weighted by Gasteiger charge is -2.19. The molecule has 0 saturated carbocycles. The van der Waals surface area contributed by atoms with E-state index in [4.69, 9.17) is 14.9 Å². The molecule has 0 unspecified atom stereocenters. The van der Waals surface area contributed by atoms with E-state index in [1.54, 1.807) is 14.2 Å². The monoisotopic (exact) mass is 234 g/mol. The van der Waals surface area contributed by atoms with Gasteiger partial charge in [-0.3, -0.25) is 5.41 Å². The summed E-state index contributed by atoms with van der Waals surface area (Å²) in [5.41, 5.74) is 1.10. The Morgan fingerprint density at radius 2 is 2.12 bits per heavy atom. The van der Waals surface area contributed by atoms with Gasteiger partial charge < -0.3 is 14.4 Å². The van der Waals surface area contributed by atoms with Gasteiger partial charge in [0.25, 0.3) is 0 Å². The fourth-order valence-electron chi connectivity index (χ4n) is 2.09. The predicted octanol–water partition coefficient (Wildman–Crippen LogP) is 2.28. The number of likely N-dealkylation sites (tertiary alicyclic amines) is 1. The van der Waals surface area contributed by atoms with Crippen molar-refractivity contribution >= 4 is 5.84 Å². The van der Waals surface area contributed by atoms with Gasteiger partial charge in [-0.05, 0) is 18.6 Å². The number of rotatable bonds is 4. The molecule has 1 aromatic rings. The zero-order valence-corrected chi connectivity index (χ0v) is 10.3. The van der Waals surface area contributed by atoms with Gasteiger partial charge in [-0.25, -0.2) is 0 Å². The van der Waals surface area contributed by atoms with Crippen molar-refractivity contribution in [3.8, 4) is 11.5 Å². The number of hydrogen-bond donors (Lipinski definition) is 1. The molecule has 1 fully saturated rings. The third-order valence-corrected chi connectivity index (χ3v) is 3.08. The van der Waals surface area contributed by atoms with Gasteiger partial charge in [0.05, 0.1) is 20.1 Å². The van der Waals surface area contributed by atoms with E-state index >= 15 is 0 Å². The number of amidine groups is 1. The third kappa shape index (κ3) is 2.52. The van der Waals surface area contributed by atoms with Gasteiger partial charge in [0.15, 0.2) is 0 Å². The van der Waals surface area contributed by atoms with Crippen molar-refractivity contribution in [1.82, 2.24) is 4.90 Å². The Morgan fingerprint density at radius 3 is 2.71 bits per heavy atom. The van der Waals surface area contributed by atoms with Gasteiger partial charge >= 0.3 is 0 Å². The zero-order valence-electron chi connectivity index (χ0n) is 10.3. The van der Waals surface area contributed by atoms with Crippen LogP contribution in [-0.4, -0.2) is 31.5 Å². The second-order valence-corrected chi connectivity index (χ2v) is 4.15. The van der Waals surface area contributed by atoms with E-state index < -0.39 is 0 Å². The van der Waals surface area contributed by atoms with Crippen LogP contribution in [-0.2, 0) is 6.54 Å². The van der Waals surface area contributed by atoms with Crippen LogP contribution in [0.5, 0.6) is 11.5 Å². The van der Waals surface area contributed by atoms with E-state index in [1.165, 1.54) is 0 Å². The van der Waals surface area contributed by atoms with E-state index in [-0.39, 0.29) is 0 Å². The molecule has 4 nitrogen and oxygen atoms in total. The Kier molecular flexibility index (Phi) is 3.52. The first-order valence-corrected chi connectivity index (χ1v) is 5.78. The number of ether oxygens (including phenoxy) is 2. The molecule has 1 aromatic carbocycles. The first-order valence-electron chi connectivity index (χ1n) is 5.78. The topological polar surface area (TPSA) is 45.5 Å². The summed E-state index contributed by atoms with van der Waals surface area (Å²) in [6.07, 6.45) is 1.97. The Bertz CT molecular complexity index is 418. The standard InChI is InChI=1S/C13H18N2O2/c1-16-11-6-5-10(12(8-11)17-2)9-15-7-3-4-13(15)14/h5-6,8,14H,3-4,7,9H2,1-2H3. The Balaban J connectivity index is 2.17. The highest BCUT2D eigenvalue weighted by Gasteiger charge is 2.18. The summed E-state index contributed by atoms with van der Waals surface area (Å²) in [7, 11) is 3.30. The minimum Gasteiger partial charge on any atom is -0.497 e. The molecule has 0 aromatic heterocycles. The van der Waals surface area contributed by atoms with Crippen LogP contribution in [0.3, 0.4) is 0 Å². The molecule has 2 rings (SSSR count). The van der Waals surface area contributed by atoms with Crippen molar-refractivity contribution in [2.24, 2.45) is 0 Å². The number of nitrogens with one attached hydrogen (secondary N) is 1. The quantitative estimate of drug-likeness (QED) is 0.869. The molecule has 1 heterocycles. The summed E-state index contributed by atoms with van der Waals surface area (Å²) >= 11 is 0. The molecule has 1 aliphatic heterocycles. The summed E-state index contributed by atoms with van der Waals surface area (Å²) in [5.74, 6) is 2.34. The lowest BCUT2D eigenvalue weighted by atomic mass is 10.2. The Hall–Kier alpha value is -1.71. The fraction of sp³-hybridized carbons (Fsp3) is 0.462. The number of methoxy groups -OCH3 is 2. The molecule has 4 heteroatoms. The van der Waals surface area contributed by atoms with Crippen molar-refractivity contribution < 1.29 is 9.47 Å². The van der Waals surface area contributed by atoms with Crippen molar-refractivity contribution in [2.45, 2.75) is 19.4 Å². The largest absolute Gasteiger partial charge is 0.497 e. The maximum Gasteiger partial charge on any atom is 0.127 e. The van der Waals surface area contributed by atoms with Crippen molar-refractivity contribution in [3.05, 3.63) is 23.8 Å². The predicted molar refractivity (Wildman–Crippen MR) is 66.9 cm³/mol. The van der Waals surface area contributed by atoms with Crippen LogP contribution in [0.2, 0.25) is 0 Å². The molecule has 0 bridgehead atoms. The average Bonchev–Trinajstić information content (AvgIpc) is 2.75. The highest BCUT2D eigenvalue weighted by Crippen LogP contribution is 2.26. The van der Waals surface area contributed by atoms with Gasteiger partial charge in [0, 0.05) is 31.1 Å². The molecule has 1 aliphatic rings. The Morgan fingerprint density at radius 1 is 1.29 bits per heavy atom. The van der Waals surface area contributed by atoms with E-state index in [2.05, 4.69) is 4.90 Å². The lowest BCUT2D eigenvalue weighted by Crippen LogP contribution is -2.23. The minimum absolute atomic E-state index is 0.725. The fourth-order valence-corrected chi connectivity index (χ4v) is 2.09. The van der Waals surface area contributed by atoms with Gasteiger partial charge in [0.2, 0.25) is 0 Å². The summed E-state index contributed by atoms with van der Waals surface area (Å²) in [5, 5.41) is 7.82. The van der Waals surface area contributed by atoms with Crippen LogP contribution in [0.15, 0.2) is 18.2 Å². The van der Waals surface area contributed by atoms with E-state index in [1.807, 2.05) is 18.2 Å². The maximum atomic E-state index is 7.82. The van der Waals surface area contributed by atoms with Crippen LogP contribution in [0.25, 0.3) is 0 Å². The normalized spacial score (nSPS) is 15.2. The number of hydrogen-bond acceptors (Lipinski definition) is 3. The van der Waals surface area contributed by atoms with Gasteiger partial charge in [-0.15, -0.1) is 0 Å². The maximum absolute atomic E-state index is 7.82. The van der Waals surface area contributed by atoms with Crippen LogP contribution in [0, 0.1) is 5.41 Å². The first kappa shape index (κ1) is 11.8. The van der Waals surface area contributed by atoms with Crippen LogP contribution in [0.4, 0.5) is 0 Å². The highest BCUT2D eigenvalue weighted by molar-refractivity contribution is 5.80. The third-order valence-electron chi connectivity index (χ3n) is 3.08. The van der Waals surface area contributed by atoms with Gasteiger partial charge in [0.1, 0.15) is 11.5 Å². The van der Waals surface area contributed by atoms with Crippen molar-refractivity contribution in [2.75, 3.05) is 20.8 Å². The molecule has 1 N–H and O–H groups in total. The summed E-state index contributed by atoms with van der Waals surface area (Å²) in [6, 6.07) is 5.82. The summed E-state index contributed by atoms with van der Waals surface area (Å²) < 4.78 is 10.5. The lowest BCUT2D eigenvalue weighted by molar-refractivity contribution is 0.379. The molecule has 0 radical (unpaired) electrons. The number of nitrogens with zero attached hydrogens (tertiary/aromatic N) is 1. The van der Waals surface area contributed by atoms with E-state index in [9.17, 15) is 0 Å². The highest BCUT2D eigenvalue weighted by atomic mass is 16.5. The molecule has 0 amide bonds. The zero-order chi connectivity index (χ0) is 12.3. The SMILES string of the molecule is COc1ccc(CN2CCCC2=N)c(OC)c1. The Labute approximate surface area is 102 Å². The molecular formula is C13H18N2O2. The molecular weight excluding hydrogens is 216 g/mol. The molecule has 0 atom stereocenters. The van der Waals surface area contributed by atoms with Crippen molar-refractivity contribution in [3.63, 3.8) is 0 Å². The molecule has 92 valence electrons. The summed E-state index contributed by atoms with van der Waals surface area (Å²) in [6.45, 7) is 1.71. The number of benzene rings is 1. The molecule has 17 heavy (non-hydrogen) atoms. The minimum atomic E-state index is 0.725. The van der Waals surface area contributed by atoms with Crippen LogP contribution < -0.4 is 9.47 Å². The van der Waals surface area contributed by atoms with E-state index in [0.29, 0.717) is 0 Å². The molecule has 1 saturated heterocycles. The van der Waals surface area contributed by atoms with Crippen molar-refractivity contribution in [1.29, 1.82) is 5.41 Å².